The number of rotatable bonds is 40. The van der Waals surface area contributed by atoms with Gasteiger partial charge in [0.15, 0.2) is 6.10 Å². The predicted molar refractivity (Wildman–Crippen MR) is 224 cm³/mol. The molecule has 0 N–H and O–H groups in total. The van der Waals surface area contributed by atoms with E-state index in [1.165, 1.54) is 103 Å². The van der Waals surface area contributed by atoms with Crippen molar-refractivity contribution in [1.29, 1.82) is 0 Å². The number of hydrogen-bond donors (Lipinski definition) is 0. The molecule has 0 aliphatic carbocycles. The third-order valence-corrected chi connectivity index (χ3v) is 9.66. The van der Waals surface area contributed by atoms with Crippen molar-refractivity contribution in [2.75, 3.05) is 13.2 Å². The standard InChI is InChI=1S/C47H84O6/c1-4-7-10-13-16-19-22-23-26-28-31-34-37-40-46(49)52-43-44(53-47(50)41-38-35-32-29-25-21-18-15-12-9-6-3)42-51-45(48)39-36-33-30-27-24-20-17-14-11-8-5-2/h7,10,16,19,23,26,44H,4-6,8-9,11-15,17-18,20-22,24-25,27-43H2,1-3H3/b10-7-,19-16-,26-23-. The summed E-state index contributed by atoms with van der Waals surface area (Å²) < 4.78 is 16.7. The number of esters is 3. The van der Waals surface area contributed by atoms with E-state index in [1.54, 1.807) is 0 Å². The quantitative estimate of drug-likeness (QED) is 0.0269. The van der Waals surface area contributed by atoms with Crippen molar-refractivity contribution in [3.05, 3.63) is 36.5 Å². The number of carbonyl (C=O) groups excluding carboxylic acids is 3. The van der Waals surface area contributed by atoms with Gasteiger partial charge in [-0.15, -0.1) is 0 Å². The molecular formula is C47H84O6. The van der Waals surface area contributed by atoms with Crippen molar-refractivity contribution < 1.29 is 28.6 Å². The van der Waals surface area contributed by atoms with Crippen LogP contribution in [0.1, 0.15) is 226 Å². The molecule has 0 rings (SSSR count). The predicted octanol–water partition coefficient (Wildman–Crippen LogP) is 14.2. The van der Waals surface area contributed by atoms with Crippen molar-refractivity contribution in [1.82, 2.24) is 0 Å². The Kier molecular flexibility index (Phi) is 40.5. The van der Waals surface area contributed by atoms with Crippen molar-refractivity contribution in [2.45, 2.75) is 232 Å². The Morgan fingerprint density at radius 1 is 0.396 bits per heavy atom. The smallest absolute Gasteiger partial charge is 0.306 e. The molecule has 0 aliphatic rings. The van der Waals surface area contributed by atoms with Gasteiger partial charge in [-0.2, -0.15) is 0 Å². The highest BCUT2D eigenvalue weighted by atomic mass is 16.6. The number of ether oxygens (including phenoxy) is 3. The Hall–Kier alpha value is -2.37. The lowest BCUT2D eigenvalue weighted by Gasteiger charge is -2.18. The van der Waals surface area contributed by atoms with E-state index in [0.29, 0.717) is 19.3 Å². The number of unbranched alkanes of at least 4 members (excludes halogenated alkanes) is 23. The highest BCUT2D eigenvalue weighted by Crippen LogP contribution is 2.15. The number of allylic oxidation sites excluding steroid dienone is 6. The average molecular weight is 745 g/mol. The van der Waals surface area contributed by atoms with Crippen LogP contribution in [-0.2, 0) is 28.6 Å². The maximum Gasteiger partial charge on any atom is 0.306 e. The van der Waals surface area contributed by atoms with E-state index in [4.69, 9.17) is 14.2 Å². The molecule has 0 aromatic heterocycles. The maximum atomic E-state index is 12.7. The van der Waals surface area contributed by atoms with E-state index in [2.05, 4.69) is 57.2 Å². The molecule has 1 unspecified atom stereocenters. The summed E-state index contributed by atoms with van der Waals surface area (Å²) >= 11 is 0. The molecule has 0 heterocycles. The van der Waals surface area contributed by atoms with Crippen LogP contribution < -0.4 is 0 Å². The van der Waals surface area contributed by atoms with Gasteiger partial charge in [-0.1, -0.05) is 192 Å². The van der Waals surface area contributed by atoms with Crippen LogP contribution in [0.2, 0.25) is 0 Å². The minimum Gasteiger partial charge on any atom is -0.462 e. The SMILES string of the molecule is CC/C=C\C/C=C\C/C=C\CCCCCC(=O)OCC(COC(=O)CCCCCCCCCCCCC)OC(=O)CCCCCCCCCCCCC. The first kappa shape index (κ1) is 50.6. The number of carbonyl (C=O) groups is 3. The summed E-state index contributed by atoms with van der Waals surface area (Å²) in [6.45, 7) is 6.48. The molecule has 0 saturated heterocycles. The van der Waals surface area contributed by atoms with Gasteiger partial charge in [0.2, 0.25) is 0 Å². The molecule has 0 spiro atoms. The zero-order chi connectivity index (χ0) is 38.7. The van der Waals surface area contributed by atoms with Gasteiger partial charge in [-0.3, -0.25) is 14.4 Å². The van der Waals surface area contributed by atoms with Crippen LogP contribution in [0.25, 0.3) is 0 Å². The molecule has 0 saturated carbocycles. The molecule has 0 aromatic carbocycles. The van der Waals surface area contributed by atoms with Gasteiger partial charge in [-0.25, -0.2) is 0 Å². The minimum atomic E-state index is -0.776. The summed E-state index contributed by atoms with van der Waals surface area (Å²) in [6.07, 6.45) is 46.9. The minimum absolute atomic E-state index is 0.0783. The molecule has 6 heteroatoms. The maximum absolute atomic E-state index is 12.7. The number of hydrogen-bond acceptors (Lipinski definition) is 6. The molecule has 0 amide bonds. The van der Waals surface area contributed by atoms with Gasteiger partial charge in [0, 0.05) is 19.3 Å². The third-order valence-electron chi connectivity index (χ3n) is 9.66. The van der Waals surface area contributed by atoms with E-state index in [9.17, 15) is 14.4 Å². The molecule has 0 bridgehead atoms. The second-order valence-electron chi connectivity index (χ2n) is 14.9. The highest BCUT2D eigenvalue weighted by molar-refractivity contribution is 5.71. The van der Waals surface area contributed by atoms with Crippen LogP contribution in [0.3, 0.4) is 0 Å². The zero-order valence-electron chi connectivity index (χ0n) is 35.0. The van der Waals surface area contributed by atoms with E-state index >= 15 is 0 Å². The fourth-order valence-electron chi connectivity index (χ4n) is 6.28. The molecule has 308 valence electrons. The molecule has 6 nitrogen and oxygen atoms in total. The lowest BCUT2D eigenvalue weighted by Crippen LogP contribution is -2.30. The van der Waals surface area contributed by atoms with Crippen molar-refractivity contribution in [2.24, 2.45) is 0 Å². The third kappa shape index (κ3) is 40.6. The summed E-state index contributed by atoms with van der Waals surface area (Å²) in [7, 11) is 0. The Morgan fingerprint density at radius 2 is 0.736 bits per heavy atom. The van der Waals surface area contributed by atoms with E-state index in [1.807, 2.05) is 0 Å². The van der Waals surface area contributed by atoms with Crippen LogP contribution in [0.4, 0.5) is 0 Å². The molecule has 0 radical (unpaired) electrons. The Labute approximate surface area is 327 Å². The van der Waals surface area contributed by atoms with Gasteiger partial charge in [0.1, 0.15) is 13.2 Å². The van der Waals surface area contributed by atoms with E-state index in [0.717, 1.165) is 83.5 Å². The Bertz CT molecular complexity index is 907. The molecule has 53 heavy (non-hydrogen) atoms. The van der Waals surface area contributed by atoms with E-state index < -0.39 is 6.10 Å². The van der Waals surface area contributed by atoms with Gasteiger partial charge in [0.05, 0.1) is 0 Å². The molecular weight excluding hydrogens is 661 g/mol. The fraction of sp³-hybridized carbons (Fsp3) is 0.809. The van der Waals surface area contributed by atoms with Crippen LogP contribution in [0, 0.1) is 0 Å². The van der Waals surface area contributed by atoms with Gasteiger partial charge >= 0.3 is 17.9 Å². The summed E-state index contributed by atoms with van der Waals surface area (Å²) in [5.74, 6) is -0.908. The summed E-state index contributed by atoms with van der Waals surface area (Å²) in [5.41, 5.74) is 0. The molecule has 0 fully saturated rings. The zero-order valence-corrected chi connectivity index (χ0v) is 35.0. The Morgan fingerprint density at radius 3 is 1.15 bits per heavy atom. The average Bonchev–Trinajstić information content (AvgIpc) is 3.15. The van der Waals surface area contributed by atoms with Crippen LogP contribution in [0.15, 0.2) is 36.5 Å². The highest BCUT2D eigenvalue weighted by Gasteiger charge is 2.19. The second-order valence-corrected chi connectivity index (χ2v) is 14.9. The topological polar surface area (TPSA) is 78.9 Å². The first-order valence-corrected chi connectivity index (χ1v) is 22.5. The summed E-state index contributed by atoms with van der Waals surface area (Å²) in [6, 6.07) is 0. The van der Waals surface area contributed by atoms with Gasteiger partial charge < -0.3 is 14.2 Å². The van der Waals surface area contributed by atoms with Gasteiger partial charge in [-0.05, 0) is 51.4 Å². The summed E-state index contributed by atoms with van der Waals surface area (Å²) in [5, 5.41) is 0. The molecule has 0 aliphatic heterocycles. The first-order chi connectivity index (χ1) is 26.0. The lowest BCUT2D eigenvalue weighted by atomic mass is 10.1. The lowest BCUT2D eigenvalue weighted by molar-refractivity contribution is -0.167. The first-order valence-electron chi connectivity index (χ1n) is 22.5. The normalized spacial score (nSPS) is 12.3. The molecule has 0 aromatic rings. The second kappa shape index (κ2) is 42.4. The Balaban J connectivity index is 4.40. The van der Waals surface area contributed by atoms with Crippen molar-refractivity contribution in [3.63, 3.8) is 0 Å². The van der Waals surface area contributed by atoms with Crippen LogP contribution in [-0.4, -0.2) is 37.2 Å². The van der Waals surface area contributed by atoms with Crippen molar-refractivity contribution in [3.8, 4) is 0 Å². The van der Waals surface area contributed by atoms with Crippen LogP contribution in [0.5, 0.6) is 0 Å². The van der Waals surface area contributed by atoms with Crippen LogP contribution >= 0.6 is 0 Å². The van der Waals surface area contributed by atoms with Gasteiger partial charge in [0.25, 0.3) is 0 Å². The molecule has 1 atom stereocenters. The van der Waals surface area contributed by atoms with Crippen molar-refractivity contribution >= 4 is 17.9 Å². The summed E-state index contributed by atoms with van der Waals surface area (Å²) in [4.78, 5) is 37.7. The monoisotopic (exact) mass is 745 g/mol. The fourth-order valence-corrected chi connectivity index (χ4v) is 6.28. The van der Waals surface area contributed by atoms with E-state index in [-0.39, 0.29) is 31.1 Å². The largest absolute Gasteiger partial charge is 0.462 e.